The van der Waals surface area contributed by atoms with Gasteiger partial charge in [0.15, 0.2) is 0 Å². The number of allylic oxidation sites excluding steroid dienone is 2. The fourth-order valence-electron chi connectivity index (χ4n) is 5.35. The van der Waals surface area contributed by atoms with E-state index in [1.807, 2.05) is 12.1 Å². The van der Waals surface area contributed by atoms with Gasteiger partial charge < -0.3 is 9.53 Å². The Labute approximate surface area is 190 Å². The highest BCUT2D eigenvalue weighted by atomic mass is 28.4. The normalized spacial score (nSPS) is 21.0. The van der Waals surface area contributed by atoms with E-state index in [9.17, 15) is 4.80 Å². The highest BCUT2D eigenvalue weighted by molar-refractivity contribution is 6.98. The Kier molecular flexibility index (Phi) is 8.32. The molecule has 0 aliphatic heterocycles. The molecule has 3 heteroatoms. The number of unbranched alkanes of at least 4 members (excludes halogenated alkanes) is 1. The predicted molar refractivity (Wildman–Crippen MR) is 134 cm³/mol. The van der Waals surface area contributed by atoms with Gasteiger partial charge in [-0.15, -0.1) is 0 Å². The molecular weight excluding hydrogens is 396 g/mol. The van der Waals surface area contributed by atoms with Crippen LogP contribution in [0.3, 0.4) is 0 Å². The Morgan fingerprint density at radius 3 is 2.03 bits per heavy atom. The first kappa shape index (κ1) is 24.0. The second kappa shape index (κ2) is 10.8. The molecule has 1 N–H and O–H groups in total. The lowest BCUT2D eigenvalue weighted by molar-refractivity contribution is 0.0801. The zero-order valence-electron chi connectivity index (χ0n) is 19.8. The van der Waals surface area contributed by atoms with E-state index < -0.39 is 8.32 Å². The summed E-state index contributed by atoms with van der Waals surface area (Å²) in [6, 6.07) is 20.8. The van der Waals surface area contributed by atoms with Crippen molar-refractivity contribution >= 4 is 18.7 Å². The lowest BCUT2D eigenvalue weighted by Gasteiger charge is -2.43. The minimum Gasteiger partial charge on any atom is -0.424 e. The van der Waals surface area contributed by atoms with Crippen molar-refractivity contribution in [1.29, 1.82) is 0 Å². The van der Waals surface area contributed by atoms with Gasteiger partial charge in [-0.25, -0.2) is 0 Å². The molecule has 1 aliphatic carbocycles. The zero-order chi connectivity index (χ0) is 22.3. The molecule has 0 heterocycles. The molecule has 1 aliphatic rings. The second-order valence-electron chi connectivity index (χ2n) is 9.83. The van der Waals surface area contributed by atoms with Gasteiger partial charge in [0.05, 0.1) is 0 Å². The first-order chi connectivity index (χ1) is 14.9. The summed E-state index contributed by atoms with van der Waals surface area (Å²) in [7, 11) is -2.96. The van der Waals surface area contributed by atoms with E-state index in [0.717, 1.165) is 49.3 Å². The number of ether oxygens (including phenoxy) is 1. The van der Waals surface area contributed by atoms with Crippen molar-refractivity contribution in [2.24, 2.45) is 11.8 Å². The SMILES string of the molecule is C/C=C1/C[C@@H](COCCCC)[C@H](CC(C)(C)[Si](O)(c2ccccc2)c2ccccc2)C1. The van der Waals surface area contributed by atoms with Crippen molar-refractivity contribution in [1.82, 2.24) is 0 Å². The van der Waals surface area contributed by atoms with E-state index in [1.165, 1.54) is 6.42 Å². The molecule has 1 saturated carbocycles. The van der Waals surface area contributed by atoms with Gasteiger partial charge >= 0.3 is 0 Å². The summed E-state index contributed by atoms with van der Waals surface area (Å²) in [5.41, 5.74) is 1.55. The Morgan fingerprint density at radius 2 is 1.52 bits per heavy atom. The Morgan fingerprint density at radius 1 is 0.968 bits per heavy atom. The molecule has 2 atom stereocenters. The largest absolute Gasteiger partial charge is 0.424 e. The van der Waals surface area contributed by atoms with Crippen molar-refractivity contribution in [3.05, 3.63) is 72.3 Å². The monoisotopic (exact) mass is 436 g/mol. The first-order valence-corrected chi connectivity index (χ1v) is 13.9. The quantitative estimate of drug-likeness (QED) is 0.294. The molecule has 2 aromatic rings. The molecule has 0 amide bonds. The molecule has 168 valence electrons. The van der Waals surface area contributed by atoms with Crippen LogP contribution in [0.1, 0.15) is 59.8 Å². The van der Waals surface area contributed by atoms with Crippen LogP contribution in [-0.2, 0) is 4.74 Å². The Bertz CT molecular complexity index is 789. The maximum Gasteiger partial charge on any atom is 0.258 e. The Hall–Kier alpha value is -1.68. The maximum atomic E-state index is 12.5. The third-order valence-electron chi connectivity index (χ3n) is 7.23. The highest BCUT2D eigenvalue weighted by Crippen LogP contribution is 2.48. The standard InChI is InChI=1S/C28H40O2Si/c1-5-7-18-30-22-25-20-23(6-2)19-24(25)21-28(3,4)31(29,26-14-10-8-11-15-26)27-16-12-9-13-17-27/h6,8-17,24-25,29H,5,7,18-22H2,1-4H3/b23-6+/t24-,25-/m0/s1. The average molecular weight is 437 g/mol. The lowest BCUT2D eigenvalue weighted by atomic mass is 9.88. The van der Waals surface area contributed by atoms with E-state index in [1.54, 1.807) is 5.57 Å². The molecule has 2 nitrogen and oxygen atoms in total. The van der Waals surface area contributed by atoms with Crippen molar-refractivity contribution in [3.8, 4) is 0 Å². The molecule has 3 rings (SSSR count). The minimum absolute atomic E-state index is 0.203. The third-order valence-corrected chi connectivity index (χ3v) is 11.7. The molecule has 0 radical (unpaired) electrons. The third kappa shape index (κ3) is 5.39. The number of rotatable bonds is 10. The summed E-state index contributed by atoms with van der Waals surface area (Å²) in [4.78, 5) is 12.5. The van der Waals surface area contributed by atoms with Crippen LogP contribution in [0.5, 0.6) is 0 Å². The zero-order valence-corrected chi connectivity index (χ0v) is 20.8. The van der Waals surface area contributed by atoms with E-state index >= 15 is 0 Å². The van der Waals surface area contributed by atoms with Gasteiger partial charge in [0.1, 0.15) is 0 Å². The van der Waals surface area contributed by atoms with Gasteiger partial charge in [-0.3, -0.25) is 0 Å². The second-order valence-corrected chi connectivity index (χ2v) is 13.8. The summed E-state index contributed by atoms with van der Waals surface area (Å²) in [5.74, 6) is 1.10. The first-order valence-electron chi connectivity index (χ1n) is 12.0. The van der Waals surface area contributed by atoms with Gasteiger partial charge in [0.25, 0.3) is 8.32 Å². The van der Waals surface area contributed by atoms with Gasteiger partial charge in [0, 0.05) is 13.2 Å². The number of hydrogen-bond donors (Lipinski definition) is 1. The highest BCUT2D eigenvalue weighted by Gasteiger charge is 2.51. The molecular formula is C28H40O2Si. The molecule has 0 spiro atoms. The van der Waals surface area contributed by atoms with Crippen LogP contribution in [0.2, 0.25) is 5.04 Å². The summed E-state index contributed by atoms with van der Waals surface area (Å²) in [6.45, 7) is 10.7. The minimum atomic E-state index is -2.96. The van der Waals surface area contributed by atoms with Crippen LogP contribution >= 0.6 is 0 Å². The van der Waals surface area contributed by atoms with Crippen LogP contribution in [-0.4, -0.2) is 26.3 Å². The maximum absolute atomic E-state index is 12.5. The summed E-state index contributed by atoms with van der Waals surface area (Å²) < 4.78 is 6.07. The number of benzene rings is 2. The van der Waals surface area contributed by atoms with Crippen LogP contribution < -0.4 is 10.4 Å². The fourth-order valence-corrected chi connectivity index (χ4v) is 9.15. The van der Waals surface area contributed by atoms with Crippen molar-refractivity contribution in [2.75, 3.05) is 13.2 Å². The lowest BCUT2D eigenvalue weighted by Crippen LogP contribution is -2.65. The molecule has 0 saturated heterocycles. The van der Waals surface area contributed by atoms with Crippen LogP contribution in [0.4, 0.5) is 0 Å². The molecule has 31 heavy (non-hydrogen) atoms. The van der Waals surface area contributed by atoms with Gasteiger partial charge in [-0.05, 0) is 59.9 Å². The van der Waals surface area contributed by atoms with E-state index in [0.29, 0.717) is 11.8 Å². The summed E-state index contributed by atoms with van der Waals surface area (Å²) >= 11 is 0. The van der Waals surface area contributed by atoms with Gasteiger partial charge in [0.2, 0.25) is 0 Å². The molecule has 1 fully saturated rings. The van der Waals surface area contributed by atoms with Gasteiger partial charge in [-0.2, -0.15) is 0 Å². The van der Waals surface area contributed by atoms with Crippen molar-refractivity contribution in [2.45, 2.75) is 64.8 Å². The van der Waals surface area contributed by atoms with E-state index in [4.69, 9.17) is 4.74 Å². The smallest absolute Gasteiger partial charge is 0.258 e. The molecule has 0 unspecified atom stereocenters. The Balaban J connectivity index is 1.89. The van der Waals surface area contributed by atoms with Crippen LogP contribution in [0.25, 0.3) is 0 Å². The van der Waals surface area contributed by atoms with Gasteiger partial charge in [-0.1, -0.05) is 99.5 Å². The van der Waals surface area contributed by atoms with Crippen molar-refractivity contribution in [3.63, 3.8) is 0 Å². The van der Waals surface area contributed by atoms with E-state index in [-0.39, 0.29) is 5.04 Å². The molecule has 0 aromatic heterocycles. The van der Waals surface area contributed by atoms with E-state index in [2.05, 4.69) is 82.3 Å². The molecule has 0 bridgehead atoms. The predicted octanol–water partition coefficient (Wildman–Crippen LogP) is 5.70. The summed E-state index contributed by atoms with van der Waals surface area (Å²) in [5, 5.41) is 2.00. The fraction of sp³-hybridized carbons (Fsp3) is 0.500. The number of hydrogen-bond acceptors (Lipinski definition) is 2. The van der Waals surface area contributed by atoms with Crippen LogP contribution in [0.15, 0.2) is 72.3 Å². The molecule has 2 aromatic carbocycles. The van der Waals surface area contributed by atoms with Crippen LogP contribution in [0, 0.1) is 11.8 Å². The topological polar surface area (TPSA) is 29.5 Å². The average Bonchev–Trinajstić information content (AvgIpc) is 3.18. The summed E-state index contributed by atoms with van der Waals surface area (Å²) in [6.07, 6.45) is 7.89. The van der Waals surface area contributed by atoms with Crippen molar-refractivity contribution < 1.29 is 9.53 Å².